The molecule has 3 rings (SSSR count). The van der Waals surface area contributed by atoms with Gasteiger partial charge in [0.15, 0.2) is 0 Å². The Bertz CT molecular complexity index is 467. The number of rotatable bonds is 1. The molecule has 1 unspecified atom stereocenters. The largest absolute Gasteiger partial charge is 0.508 e. The number of hydrogen-bond donors (Lipinski definition) is 1. The minimum atomic E-state index is 0.388. The molecule has 0 amide bonds. The molecule has 1 nitrogen and oxygen atoms in total. The summed E-state index contributed by atoms with van der Waals surface area (Å²) in [6, 6.07) is 0. The summed E-state index contributed by atoms with van der Waals surface area (Å²) in [4.78, 5) is 0. The highest BCUT2D eigenvalue weighted by Gasteiger charge is 2.29. The molecule has 0 radical (unpaired) electrons. The van der Waals surface area contributed by atoms with Crippen molar-refractivity contribution in [3.05, 3.63) is 44.8 Å². The highest BCUT2D eigenvalue weighted by atomic mass is 127. The molecule has 1 N–H and O–H groups in total. The van der Waals surface area contributed by atoms with Crippen molar-refractivity contribution < 1.29 is 5.11 Å². The first-order chi connectivity index (χ1) is 8.75. The Morgan fingerprint density at radius 1 is 1.17 bits per heavy atom. The average Bonchev–Trinajstić information content (AvgIpc) is 2.41. The molecule has 2 atom stereocenters. The fraction of sp³-hybridized carbons (Fsp3) is 0.500. The van der Waals surface area contributed by atoms with Crippen molar-refractivity contribution in [2.45, 2.75) is 38.5 Å². The smallest absolute Gasteiger partial charge is 0.118 e. The van der Waals surface area contributed by atoms with E-state index in [2.05, 4.69) is 46.9 Å². The van der Waals surface area contributed by atoms with Crippen LogP contribution in [0.15, 0.2) is 44.8 Å². The SMILES string of the molecule is OC1=C2CCCC[C@@H]2CC=C1C1C=CC(I)=CC1. The first-order valence-corrected chi connectivity index (χ1v) is 8.00. The summed E-state index contributed by atoms with van der Waals surface area (Å²) in [5.74, 6) is 1.65. The maximum atomic E-state index is 10.5. The summed E-state index contributed by atoms with van der Waals surface area (Å²) < 4.78 is 1.31. The van der Waals surface area contributed by atoms with Gasteiger partial charge < -0.3 is 5.11 Å². The van der Waals surface area contributed by atoms with E-state index in [1.807, 2.05) is 0 Å². The molecule has 0 bridgehead atoms. The number of hydrogen-bond acceptors (Lipinski definition) is 1. The molecule has 3 aliphatic carbocycles. The third-order valence-electron chi connectivity index (χ3n) is 4.40. The van der Waals surface area contributed by atoms with Crippen LogP contribution in [0.5, 0.6) is 0 Å². The van der Waals surface area contributed by atoms with E-state index >= 15 is 0 Å². The van der Waals surface area contributed by atoms with Gasteiger partial charge in [-0.15, -0.1) is 0 Å². The van der Waals surface area contributed by atoms with Gasteiger partial charge in [0.1, 0.15) is 5.76 Å². The molecule has 96 valence electrons. The van der Waals surface area contributed by atoms with Crippen LogP contribution in [0.1, 0.15) is 38.5 Å². The van der Waals surface area contributed by atoms with Gasteiger partial charge in [0, 0.05) is 9.50 Å². The van der Waals surface area contributed by atoms with Crippen molar-refractivity contribution in [1.82, 2.24) is 0 Å². The highest BCUT2D eigenvalue weighted by Crippen LogP contribution is 2.42. The minimum Gasteiger partial charge on any atom is -0.508 e. The minimum absolute atomic E-state index is 0.388. The zero-order chi connectivity index (χ0) is 12.5. The third kappa shape index (κ3) is 2.31. The molecular weight excluding hydrogens is 335 g/mol. The van der Waals surface area contributed by atoms with Crippen LogP contribution in [0, 0.1) is 11.8 Å². The number of aliphatic hydroxyl groups is 1. The van der Waals surface area contributed by atoms with Gasteiger partial charge in [0.25, 0.3) is 0 Å². The van der Waals surface area contributed by atoms with Crippen molar-refractivity contribution in [2.75, 3.05) is 0 Å². The zero-order valence-electron chi connectivity index (χ0n) is 10.5. The van der Waals surface area contributed by atoms with Crippen LogP contribution in [-0.4, -0.2) is 5.11 Å². The van der Waals surface area contributed by atoms with E-state index in [1.165, 1.54) is 34.0 Å². The number of allylic oxidation sites excluding steroid dienone is 7. The van der Waals surface area contributed by atoms with Gasteiger partial charge in [-0.3, -0.25) is 0 Å². The molecule has 0 heterocycles. The van der Waals surface area contributed by atoms with Crippen molar-refractivity contribution in [2.24, 2.45) is 11.8 Å². The van der Waals surface area contributed by atoms with Gasteiger partial charge in [-0.1, -0.05) is 30.7 Å². The van der Waals surface area contributed by atoms with E-state index in [9.17, 15) is 5.11 Å². The molecule has 0 aliphatic heterocycles. The lowest BCUT2D eigenvalue weighted by Gasteiger charge is -2.32. The molecule has 0 aromatic heterocycles. The van der Waals surface area contributed by atoms with Crippen molar-refractivity contribution >= 4 is 22.6 Å². The molecule has 1 saturated carbocycles. The third-order valence-corrected chi connectivity index (χ3v) is 5.20. The molecule has 1 fully saturated rings. The first kappa shape index (κ1) is 12.5. The molecule has 3 aliphatic rings. The lowest BCUT2D eigenvalue weighted by Crippen LogP contribution is -2.19. The maximum Gasteiger partial charge on any atom is 0.118 e. The molecule has 0 aromatic rings. The summed E-state index contributed by atoms with van der Waals surface area (Å²) in [7, 11) is 0. The van der Waals surface area contributed by atoms with Crippen LogP contribution >= 0.6 is 22.6 Å². The summed E-state index contributed by atoms with van der Waals surface area (Å²) in [6.07, 6.45) is 16.1. The molecular formula is C16H19IO. The van der Waals surface area contributed by atoms with E-state index in [0.29, 0.717) is 17.6 Å². The molecule has 0 aromatic carbocycles. The molecule has 2 heteroatoms. The molecule has 18 heavy (non-hydrogen) atoms. The number of aliphatic hydroxyl groups excluding tert-OH is 1. The Morgan fingerprint density at radius 2 is 2.06 bits per heavy atom. The van der Waals surface area contributed by atoms with Crippen LogP contribution in [0.4, 0.5) is 0 Å². The monoisotopic (exact) mass is 354 g/mol. The Hall–Kier alpha value is -0.510. The predicted octanol–water partition coefficient (Wildman–Crippen LogP) is 5.21. The van der Waals surface area contributed by atoms with Crippen LogP contribution < -0.4 is 0 Å². The van der Waals surface area contributed by atoms with Crippen LogP contribution in [0.2, 0.25) is 0 Å². The fourth-order valence-corrected chi connectivity index (χ4v) is 3.82. The van der Waals surface area contributed by atoms with E-state index in [4.69, 9.17) is 0 Å². The average molecular weight is 354 g/mol. The van der Waals surface area contributed by atoms with Crippen LogP contribution in [0.25, 0.3) is 0 Å². The van der Waals surface area contributed by atoms with Crippen molar-refractivity contribution in [3.63, 3.8) is 0 Å². The predicted molar refractivity (Wildman–Crippen MR) is 83.7 cm³/mol. The van der Waals surface area contributed by atoms with E-state index < -0.39 is 0 Å². The van der Waals surface area contributed by atoms with E-state index in [0.717, 1.165) is 19.3 Å². The van der Waals surface area contributed by atoms with Gasteiger partial charge in [-0.05, 0) is 71.8 Å². The summed E-state index contributed by atoms with van der Waals surface area (Å²) in [5, 5.41) is 10.5. The van der Waals surface area contributed by atoms with Crippen molar-refractivity contribution in [1.29, 1.82) is 0 Å². The topological polar surface area (TPSA) is 20.2 Å². The second kappa shape index (κ2) is 5.24. The number of halogens is 1. The Kier molecular flexibility index (Phi) is 3.64. The summed E-state index contributed by atoms with van der Waals surface area (Å²) >= 11 is 2.35. The Labute approximate surface area is 122 Å². The van der Waals surface area contributed by atoms with Gasteiger partial charge in [-0.25, -0.2) is 0 Å². The summed E-state index contributed by atoms with van der Waals surface area (Å²) in [5.41, 5.74) is 2.52. The fourth-order valence-electron chi connectivity index (χ4n) is 3.36. The van der Waals surface area contributed by atoms with Gasteiger partial charge >= 0.3 is 0 Å². The van der Waals surface area contributed by atoms with Gasteiger partial charge in [0.2, 0.25) is 0 Å². The lowest BCUT2D eigenvalue weighted by molar-refractivity contribution is 0.352. The quantitative estimate of drug-likeness (QED) is 0.641. The second-order valence-electron chi connectivity index (χ2n) is 5.50. The highest BCUT2D eigenvalue weighted by molar-refractivity contribution is 14.1. The maximum absolute atomic E-state index is 10.5. The van der Waals surface area contributed by atoms with E-state index in [-0.39, 0.29) is 0 Å². The first-order valence-electron chi connectivity index (χ1n) is 6.92. The van der Waals surface area contributed by atoms with Gasteiger partial charge in [0.05, 0.1) is 0 Å². The van der Waals surface area contributed by atoms with Crippen molar-refractivity contribution in [3.8, 4) is 0 Å². The number of fused-ring (bicyclic) bond motifs is 1. The molecule has 0 spiro atoms. The van der Waals surface area contributed by atoms with Gasteiger partial charge in [-0.2, -0.15) is 0 Å². The lowest BCUT2D eigenvalue weighted by atomic mass is 9.75. The van der Waals surface area contributed by atoms with E-state index in [1.54, 1.807) is 0 Å². The molecule has 0 saturated heterocycles. The normalized spacial score (nSPS) is 31.8. The zero-order valence-corrected chi connectivity index (χ0v) is 12.7. The second-order valence-corrected chi connectivity index (χ2v) is 6.75. The standard InChI is InChI=1S/C16H19IO/c17-13-8-5-12(6-9-13)15-10-7-11-3-1-2-4-14(11)16(15)18/h5,8-12,18H,1-4,6-7H2/t11-,12?/m1/s1. The Morgan fingerprint density at radius 3 is 2.83 bits per heavy atom. The summed E-state index contributed by atoms with van der Waals surface area (Å²) in [6.45, 7) is 0. The Balaban J connectivity index is 1.84. The van der Waals surface area contributed by atoms with Crippen LogP contribution in [-0.2, 0) is 0 Å². The van der Waals surface area contributed by atoms with Crippen LogP contribution in [0.3, 0.4) is 0 Å².